The summed E-state index contributed by atoms with van der Waals surface area (Å²) in [5.41, 5.74) is 4.06. The summed E-state index contributed by atoms with van der Waals surface area (Å²) in [6, 6.07) is 17.5. The fourth-order valence-electron chi connectivity index (χ4n) is 5.02. The Morgan fingerprint density at radius 3 is 2.46 bits per heavy atom. The van der Waals surface area contributed by atoms with Crippen LogP contribution in [0.15, 0.2) is 77.6 Å². The lowest BCUT2D eigenvalue weighted by Crippen LogP contribution is -2.33. The molecule has 0 saturated carbocycles. The third-order valence-electron chi connectivity index (χ3n) is 6.79. The van der Waals surface area contributed by atoms with E-state index in [0.29, 0.717) is 35.8 Å². The maximum atomic E-state index is 13.7. The molecule has 1 aliphatic heterocycles. The van der Waals surface area contributed by atoms with E-state index in [1.807, 2.05) is 54.2 Å². The Morgan fingerprint density at radius 2 is 1.76 bits per heavy atom. The minimum atomic E-state index is -3.34. The van der Waals surface area contributed by atoms with Crippen molar-refractivity contribution in [1.29, 1.82) is 0 Å². The van der Waals surface area contributed by atoms with Crippen LogP contribution in [0, 0.1) is 5.82 Å². The fraction of sp³-hybridized carbons (Fsp3) is 0.222. The van der Waals surface area contributed by atoms with Crippen LogP contribution in [0.3, 0.4) is 0 Å². The van der Waals surface area contributed by atoms with E-state index in [-0.39, 0.29) is 17.9 Å². The molecule has 1 saturated heterocycles. The zero-order chi connectivity index (χ0) is 25.7. The van der Waals surface area contributed by atoms with Crippen LogP contribution >= 0.6 is 0 Å². The first-order valence-corrected chi connectivity index (χ1v) is 13.7. The van der Waals surface area contributed by atoms with E-state index >= 15 is 0 Å². The summed E-state index contributed by atoms with van der Waals surface area (Å²) in [7, 11) is -3.34. The van der Waals surface area contributed by atoms with E-state index in [2.05, 4.69) is 9.97 Å². The Morgan fingerprint density at radius 1 is 1.00 bits per heavy atom. The van der Waals surface area contributed by atoms with Crippen LogP contribution in [-0.4, -0.2) is 51.3 Å². The van der Waals surface area contributed by atoms with Crippen molar-refractivity contribution in [3.8, 4) is 33.8 Å². The molecule has 188 valence electrons. The van der Waals surface area contributed by atoms with Crippen LogP contribution in [-0.2, 0) is 10.0 Å². The lowest BCUT2D eigenvalue weighted by Gasteiger charge is -2.17. The molecule has 3 aromatic heterocycles. The minimum Gasteiger partial charge on any atom is -0.438 e. The SMILES string of the molecule is C[C@@H]1CC(n2cc(-c3ncnc4oc(-c5ccccc5)cc34)c(-c3ccc(F)cc3)n2)CN1S(C)(=O)=O. The Labute approximate surface area is 213 Å². The van der Waals surface area contributed by atoms with Crippen LogP contribution in [0.25, 0.3) is 44.9 Å². The summed E-state index contributed by atoms with van der Waals surface area (Å²) in [6.07, 6.45) is 5.19. The summed E-state index contributed by atoms with van der Waals surface area (Å²) in [5, 5.41) is 5.60. The molecular formula is C27H24FN5O3S. The van der Waals surface area contributed by atoms with E-state index in [0.717, 1.165) is 22.1 Å². The third-order valence-corrected chi connectivity index (χ3v) is 8.15. The van der Waals surface area contributed by atoms with Gasteiger partial charge in [-0.25, -0.2) is 22.8 Å². The predicted molar refractivity (Wildman–Crippen MR) is 139 cm³/mol. The van der Waals surface area contributed by atoms with Crippen molar-refractivity contribution in [2.24, 2.45) is 0 Å². The van der Waals surface area contributed by atoms with E-state index in [1.165, 1.54) is 29.0 Å². The summed E-state index contributed by atoms with van der Waals surface area (Å²) in [4.78, 5) is 8.92. The molecule has 2 atom stereocenters. The molecule has 0 aliphatic carbocycles. The largest absolute Gasteiger partial charge is 0.438 e. The topological polar surface area (TPSA) is 94.1 Å². The highest BCUT2D eigenvalue weighted by atomic mass is 32.2. The quantitative estimate of drug-likeness (QED) is 0.320. The second-order valence-corrected chi connectivity index (χ2v) is 11.3. The molecule has 37 heavy (non-hydrogen) atoms. The standard InChI is InChI=1S/C27H24FN5O3S/c1-17-12-21(14-33(17)37(2,34)35)32-15-23(25(31-32)19-8-10-20(28)11-9-19)26-22-13-24(18-6-4-3-5-7-18)36-27(22)30-16-29-26/h3-11,13,15-17,21H,12,14H2,1-2H3/t17-,21?/m1/s1. The molecule has 1 aliphatic rings. The Bertz CT molecular complexity index is 1700. The van der Waals surface area contributed by atoms with Gasteiger partial charge >= 0.3 is 0 Å². The third kappa shape index (κ3) is 4.32. The van der Waals surface area contributed by atoms with Gasteiger partial charge in [-0.2, -0.15) is 9.40 Å². The number of benzene rings is 2. The van der Waals surface area contributed by atoms with Crippen LogP contribution in [0.2, 0.25) is 0 Å². The molecule has 6 rings (SSSR count). The van der Waals surface area contributed by atoms with Gasteiger partial charge in [0.15, 0.2) is 0 Å². The van der Waals surface area contributed by atoms with Crippen molar-refractivity contribution in [2.75, 3.05) is 12.8 Å². The molecule has 0 radical (unpaired) electrons. The van der Waals surface area contributed by atoms with Crippen molar-refractivity contribution >= 4 is 21.1 Å². The zero-order valence-corrected chi connectivity index (χ0v) is 21.1. The van der Waals surface area contributed by atoms with Gasteiger partial charge in [0.1, 0.15) is 23.6 Å². The van der Waals surface area contributed by atoms with Gasteiger partial charge in [-0.05, 0) is 43.7 Å². The summed E-state index contributed by atoms with van der Waals surface area (Å²) < 4.78 is 47.6. The van der Waals surface area contributed by atoms with Crippen molar-refractivity contribution in [2.45, 2.75) is 25.4 Å². The van der Waals surface area contributed by atoms with Gasteiger partial charge in [0.05, 0.1) is 23.4 Å². The summed E-state index contributed by atoms with van der Waals surface area (Å²) in [6.45, 7) is 2.23. The van der Waals surface area contributed by atoms with Crippen molar-refractivity contribution in [1.82, 2.24) is 24.1 Å². The number of sulfonamides is 1. The predicted octanol–water partition coefficient (Wildman–Crippen LogP) is 5.15. The van der Waals surface area contributed by atoms with Gasteiger partial charge in [-0.1, -0.05) is 30.3 Å². The van der Waals surface area contributed by atoms with Gasteiger partial charge in [0.2, 0.25) is 15.7 Å². The molecular weight excluding hydrogens is 493 g/mol. The molecule has 0 N–H and O–H groups in total. The molecule has 10 heteroatoms. The summed E-state index contributed by atoms with van der Waals surface area (Å²) in [5.74, 6) is 0.325. The van der Waals surface area contributed by atoms with Gasteiger partial charge < -0.3 is 4.42 Å². The number of hydrogen-bond donors (Lipinski definition) is 0. The highest BCUT2D eigenvalue weighted by Crippen LogP contribution is 2.38. The maximum Gasteiger partial charge on any atom is 0.230 e. The monoisotopic (exact) mass is 517 g/mol. The van der Waals surface area contributed by atoms with Crippen LogP contribution < -0.4 is 0 Å². The Hall–Kier alpha value is -3.89. The normalized spacial score (nSPS) is 18.6. The van der Waals surface area contributed by atoms with Gasteiger partial charge in [-0.15, -0.1) is 0 Å². The van der Waals surface area contributed by atoms with Gasteiger partial charge in [0, 0.05) is 35.5 Å². The number of fused-ring (bicyclic) bond motifs is 1. The number of nitrogens with zero attached hydrogens (tertiary/aromatic N) is 5. The summed E-state index contributed by atoms with van der Waals surface area (Å²) >= 11 is 0. The number of hydrogen-bond acceptors (Lipinski definition) is 6. The maximum absolute atomic E-state index is 13.7. The van der Waals surface area contributed by atoms with E-state index in [1.54, 1.807) is 12.1 Å². The number of halogens is 1. The lowest BCUT2D eigenvalue weighted by molar-refractivity contribution is 0.404. The fourth-order valence-corrected chi connectivity index (χ4v) is 6.20. The first kappa shape index (κ1) is 23.5. The van der Waals surface area contributed by atoms with Crippen molar-refractivity contribution in [3.63, 3.8) is 0 Å². The molecule has 0 amide bonds. The molecule has 1 fully saturated rings. The molecule has 8 nitrogen and oxygen atoms in total. The molecule has 5 aromatic rings. The second kappa shape index (κ2) is 8.89. The smallest absolute Gasteiger partial charge is 0.230 e. The number of aromatic nitrogens is 4. The van der Waals surface area contributed by atoms with E-state index in [9.17, 15) is 12.8 Å². The molecule has 0 bridgehead atoms. The highest BCUT2D eigenvalue weighted by Gasteiger charge is 2.36. The Kier molecular flexibility index (Phi) is 5.65. The molecule has 0 spiro atoms. The molecule has 2 aromatic carbocycles. The number of furan rings is 1. The van der Waals surface area contributed by atoms with Crippen LogP contribution in [0.5, 0.6) is 0 Å². The Balaban J connectivity index is 1.50. The van der Waals surface area contributed by atoms with Crippen molar-refractivity contribution in [3.05, 3.63) is 79.0 Å². The zero-order valence-electron chi connectivity index (χ0n) is 20.2. The van der Waals surface area contributed by atoms with Gasteiger partial charge in [0.25, 0.3) is 0 Å². The first-order chi connectivity index (χ1) is 17.8. The average molecular weight is 518 g/mol. The van der Waals surface area contributed by atoms with Crippen LogP contribution in [0.4, 0.5) is 4.39 Å². The van der Waals surface area contributed by atoms with E-state index in [4.69, 9.17) is 9.52 Å². The van der Waals surface area contributed by atoms with Crippen molar-refractivity contribution < 1.29 is 17.2 Å². The highest BCUT2D eigenvalue weighted by molar-refractivity contribution is 7.88. The second-order valence-electron chi connectivity index (χ2n) is 9.37. The van der Waals surface area contributed by atoms with E-state index < -0.39 is 10.0 Å². The van der Waals surface area contributed by atoms with Gasteiger partial charge in [-0.3, -0.25) is 4.68 Å². The van der Waals surface area contributed by atoms with Crippen LogP contribution in [0.1, 0.15) is 19.4 Å². The average Bonchev–Trinajstić information content (AvgIpc) is 3.61. The minimum absolute atomic E-state index is 0.144. The lowest BCUT2D eigenvalue weighted by atomic mass is 10.0. The molecule has 1 unspecified atom stereocenters. The number of rotatable bonds is 5. The first-order valence-electron chi connectivity index (χ1n) is 11.9. The molecule has 4 heterocycles.